The highest BCUT2D eigenvalue weighted by molar-refractivity contribution is 7.88. The summed E-state index contributed by atoms with van der Waals surface area (Å²) < 4.78 is 31.8. The van der Waals surface area contributed by atoms with Gasteiger partial charge in [-0.05, 0) is 31.2 Å². The van der Waals surface area contributed by atoms with E-state index in [2.05, 4.69) is 4.90 Å². The molecular formula is C16H23N3O3S. The van der Waals surface area contributed by atoms with E-state index in [9.17, 15) is 8.42 Å². The van der Waals surface area contributed by atoms with E-state index in [0.29, 0.717) is 17.7 Å². The van der Waals surface area contributed by atoms with Crippen molar-refractivity contribution in [1.82, 2.24) is 9.21 Å². The standard InChI is InChI=1S/C16H23N3O3S/c1-18-11-16(22-3)8-15(18)10-19(2)23(20,21)12-14-6-4-5-13(7-14)9-17/h4-7,15-16H,8,10-12H2,1-3H3/t15-,16-/m0/s1. The van der Waals surface area contributed by atoms with Crippen LogP contribution in [-0.4, -0.2) is 64.1 Å². The molecule has 7 heteroatoms. The fourth-order valence-electron chi connectivity index (χ4n) is 2.87. The molecular weight excluding hydrogens is 314 g/mol. The van der Waals surface area contributed by atoms with E-state index in [-0.39, 0.29) is 17.9 Å². The highest BCUT2D eigenvalue weighted by Crippen LogP contribution is 2.20. The summed E-state index contributed by atoms with van der Waals surface area (Å²) >= 11 is 0. The van der Waals surface area contributed by atoms with Gasteiger partial charge in [-0.15, -0.1) is 0 Å². The molecule has 1 aliphatic rings. The highest BCUT2D eigenvalue weighted by atomic mass is 32.2. The van der Waals surface area contributed by atoms with Crippen molar-refractivity contribution < 1.29 is 13.2 Å². The number of rotatable bonds is 6. The highest BCUT2D eigenvalue weighted by Gasteiger charge is 2.32. The van der Waals surface area contributed by atoms with Crippen LogP contribution >= 0.6 is 0 Å². The van der Waals surface area contributed by atoms with Crippen molar-refractivity contribution in [3.05, 3.63) is 35.4 Å². The van der Waals surface area contributed by atoms with Gasteiger partial charge in [0.2, 0.25) is 10.0 Å². The second-order valence-electron chi connectivity index (χ2n) is 6.04. The van der Waals surface area contributed by atoms with Crippen LogP contribution in [0.3, 0.4) is 0 Å². The summed E-state index contributed by atoms with van der Waals surface area (Å²) in [5, 5.41) is 8.91. The molecule has 0 N–H and O–H groups in total. The van der Waals surface area contributed by atoms with Crippen LogP contribution in [0.15, 0.2) is 24.3 Å². The lowest BCUT2D eigenvalue weighted by atomic mass is 10.2. The molecule has 0 unspecified atom stereocenters. The molecule has 0 bridgehead atoms. The molecule has 2 atom stereocenters. The van der Waals surface area contributed by atoms with Crippen molar-refractivity contribution in [2.75, 3.05) is 34.3 Å². The predicted octanol–water partition coefficient (Wildman–Crippen LogP) is 1.04. The van der Waals surface area contributed by atoms with Crippen LogP contribution in [0.4, 0.5) is 0 Å². The maximum absolute atomic E-state index is 12.5. The zero-order valence-electron chi connectivity index (χ0n) is 13.8. The van der Waals surface area contributed by atoms with Crippen LogP contribution in [0.5, 0.6) is 0 Å². The van der Waals surface area contributed by atoms with Crippen molar-refractivity contribution in [3.8, 4) is 6.07 Å². The number of benzene rings is 1. The van der Waals surface area contributed by atoms with E-state index in [0.717, 1.165) is 13.0 Å². The van der Waals surface area contributed by atoms with Crippen LogP contribution in [0.1, 0.15) is 17.5 Å². The third kappa shape index (κ3) is 4.52. The fraction of sp³-hybridized carbons (Fsp3) is 0.562. The molecule has 1 aliphatic heterocycles. The van der Waals surface area contributed by atoms with Crippen molar-refractivity contribution in [2.45, 2.75) is 24.3 Å². The van der Waals surface area contributed by atoms with Gasteiger partial charge in [0, 0.05) is 33.3 Å². The lowest BCUT2D eigenvalue weighted by Crippen LogP contribution is -2.39. The molecule has 1 aromatic rings. The molecule has 23 heavy (non-hydrogen) atoms. The normalized spacial score (nSPS) is 22.4. The minimum absolute atomic E-state index is 0.0941. The van der Waals surface area contributed by atoms with Gasteiger partial charge in [-0.1, -0.05) is 12.1 Å². The Labute approximate surface area is 138 Å². The monoisotopic (exact) mass is 337 g/mol. The first-order valence-electron chi connectivity index (χ1n) is 7.52. The van der Waals surface area contributed by atoms with Gasteiger partial charge in [-0.3, -0.25) is 4.90 Å². The summed E-state index contributed by atoms with van der Waals surface area (Å²) in [6.45, 7) is 1.26. The summed E-state index contributed by atoms with van der Waals surface area (Å²) in [6, 6.07) is 8.91. The zero-order chi connectivity index (χ0) is 17.0. The van der Waals surface area contributed by atoms with Crippen molar-refractivity contribution in [1.29, 1.82) is 5.26 Å². The van der Waals surface area contributed by atoms with Crippen molar-refractivity contribution in [3.63, 3.8) is 0 Å². The molecule has 0 aromatic heterocycles. The Morgan fingerprint density at radius 2 is 2.22 bits per heavy atom. The summed E-state index contributed by atoms with van der Waals surface area (Å²) in [6.07, 6.45) is 0.991. The first kappa shape index (κ1) is 17.9. The van der Waals surface area contributed by atoms with Gasteiger partial charge < -0.3 is 4.74 Å². The molecule has 1 aromatic carbocycles. The van der Waals surface area contributed by atoms with Gasteiger partial charge in [0.1, 0.15) is 0 Å². The topological polar surface area (TPSA) is 73.6 Å². The van der Waals surface area contributed by atoms with Crippen molar-refractivity contribution >= 4 is 10.0 Å². The van der Waals surface area contributed by atoms with Gasteiger partial charge in [0.05, 0.1) is 23.5 Å². The number of likely N-dealkylation sites (N-methyl/N-ethyl adjacent to an activating group) is 2. The smallest absolute Gasteiger partial charge is 0.218 e. The molecule has 1 saturated heterocycles. The molecule has 1 heterocycles. The summed E-state index contributed by atoms with van der Waals surface area (Å²) in [5.74, 6) is -0.0941. The number of nitriles is 1. The first-order chi connectivity index (χ1) is 10.9. The summed E-state index contributed by atoms with van der Waals surface area (Å²) in [7, 11) is 1.86. The van der Waals surface area contributed by atoms with Crippen molar-refractivity contribution in [2.24, 2.45) is 0 Å². The van der Waals surface area contributed by atoms with E-state index in [1.165, 1.54) is 4.31 Å². The van der Waals surface area contributed by atoms with E-state index in [1.54, 1.807) is 38.4 Å². The average molecular weight is 337 g/mol. The Bertz CT molecular complexity index is 684. The Morgan fingerprint density at radius 3 is 2.83 bits per heavy atom. The Morgan fingerprint density at radius 1 is 1.48 bits per heavy atom. The molecule has 6 nitrogen and oxygen atoms in total. The van der Waals surface area contributed by atoms with Crippen LogP contribution in [0, 0.1) is 11.3 Å². The number of hydrogen-bond donors (Lipinski definition) is 0. The maximum Gasteiger partial charge on any atom is 0.218 e. The molecule has 0 aliphatic carbocycles. The van der Waals surface area contributed by atoms with Gasteiger partial charge in [0.25, 0.3) is 0 Å². The molecule has 0 saturated carbocycles. The summed E-state index contributed by atoms with van der Waals surface area (Å²) in [4.78, 5) is 2.14. The molecule has 2 rings (SSSR count). The lowest BCUT2D eigenvalue weighted by Gasteiger charge is -2.25. The molecule has 126 valence electrons. The SMILES string of the molecule is CO[C@H]1C[C@@H](CN(C)S(=O)(=O)Cc2cccc(C#N)c2)N(C)C1. The van der Waals surface area contributed by atoms with Crippen LogP contribution in [0.25, 0.3) is 0 Å². The third-order valence-corrected chi connectivity index (χ3v) is 6.13. The zero-order valence-corrected chi connectivity index (χ0v) is 14.6. The van der Waals surface area contributed by atoms with E-state index in [1.807, 2.05) is 13.1 Å². The minimum atomic E-state index is -3.42. The number of ether oxygens (including phenoxy) is 1. The second kappa shape index (κ2) is 7.41. The summed E-state index contributed by atoms with van der Waals surface area (Å²) in [5.41, 5.74) is 1.10. The average Bonchev–Trinajstić information content (AvgIpc) is 2.87. The van der Waals surface area contributed by atoms with Gasteiger partial charge in [-0.2, -0.15) is 5.26 Å². The number of sulfonamides is 1. The maximum atomic E-state index is 12.5. The van der Waals surface area contributed by atoms with Gasteiger partial charge >= 0.3 is 0 Å². The molecule has 0 amide bonds. The quantitative estimate of drug-likeness (QED) is 0.775. The Kier molecular flexibility index (Phi) is 5.76. The van der Waals surface area contributed by atoms with Gasteiger partial charge in [-0.25, -0.2) is 12.7 Å². The van der Waals surface area contributed by atoms with E-state index < -0.39 is 10.0 Å². The van der Waals surface area contributed by atoms with Gasteiger partial charge in [0.15, 0.2) is 0 Å². The van der Waals surface area contributed by atoms with E-state index >= 15 is 0 Å². The van der Waals surface area contributed by atoms with Crippen LogP contribution < -0.4 is 0 Å². The third-order valence-electron chi connectivity index (χ3n) is 4.33. The minimum Gasteiger partial charge on any atom is -0.380 e. The predicted molar refractivity (Wildman–Crippen MR) is 88.2 cm³/mol. The van der Waals surface area contributed by atoms with Crippen LogP contribution in [0.2, 0.25) is 0 Å². The fourth-order valence-corrected chi connectivity index (χ4v) is 4.10. The Balaban J connectivity index is 2.03. The first-order valence-corrected chi connectivity index (χ1v) is 9.12. The van der Waals surface area contributed by atoms with E-state index in [4.69, 9.17) is 10.00 Å². The number of nitrogens with zero attached hydrogens (tertiary/aromatic N) is 3. The second-order valence-corrected chi connectivity index (χ2v) is 8.11. The molecule has 1 fully saturated rings. The number of likely N-dealkylation sites (tertiary alicyclic amines) is 1. The number of methoxy groups -OCH3 is 1. The lowest BCUT2D eigenvalue weighted by molar-refractivity contribution is 0.111. The van der Waals surface area contributed by atoms with Crippen LogP contribution in [-0.2, 0) is 20.5 Å². The number of hydrogen-bond acceptors (Lipinski definition) is 5. The molecule has 0 radical (unpaired) electrons. The largest absolute Gasteiger partial charge is 0.380 e. The Hall–Kier alpha value is -1.46. The molecule has 0 spiro atoms.